The normalized spacial score (nSPS) is 11.0. The summed E-state index contributed by atoms with van der Waals surface area (Å²) in [5, 5.41) is 2.91. The maximum absolute atomic E-state index is 11.9. The molecule has 0 fully saturated rings. The highest BCUT2D eigenvalue weighted by molar-refractivity contribution is 5.90. The Morgan fingerprint density at radius 3 is 2.62 bits per heavy atom. The first-order valence-electron chi connectivity index (χ1n) is 8.14. The Balaban J connectivity index is 1.91. The molecule has 3 aromatic rings. The molecule has 0 aliphatic heterocycles. The molecule has 1 aromatic carbocycles. The van der Waals surface area contributed by atoms with E-state index >= 15 is 0 Å². The molecule has 0 aliphatic rings. The summed E-state index contributed by atoms with van der Waals surface area (Å²) >= 11 is 0. The van der Waals surface area contributed by atoms with Gasteiger partial charge >= 0.3 is 0 Å². The number of aromatic nitrogens is 2. The molecule has 0 atom stereocenters. The van der Waals surface area contributed by atoms with Crippen molar-refractivity contribution in [2.45, 2.75) is 26.7 Å². The third-order valence-electron chi connectivity index (χ3n) is 4.07. The third kappa shape index (κ3) is 3.31. The number of carbonyl (C=O) groups excluding carboxylic acids is 1. The van der Waals surface area contributed by atoms with Crippen LogP contribution in [-0.2, 0) is 4.79 Å². The first-order valence-corrected chi connectivity index (χ1v) is 8.14. The quantitative estimate of drug-likeness (QED) is 0.757. The van der Waals surface area contributed by atoms with E-state index in [1.54, 1.807) is 0 Å². The van der Waals surface area contributed by atoms with Crippen LogP contribution in [0.15, 0.2) is 42.6 Å². The molecule has 0 bridgehead atoms. The van der Waals surface area contributed by atoms with Gasteiger partial charge < -0.3 is 15.5 Å². The van der Waals surface area contributed by atoms with Gasteiger partial charge in [-0.1, -0.05) is 29.8 Å². The van der Waals surface area contributed by atoms with Crippen LogP contribution >= 0.6 is 0 Å². The van der Waals surface area contributed by atoms with Gasteiger partial charge in [-0.2, -0.15) is 0 Å². The second-order valence-corrected chi connectivity index (χ2v) is 6.00. The maximum Gasteiger partial charge on any atom is 0.224 e. The van der Waals surface area contributed by atoms with Crippen LogP contribution < -0.4 is 11.1 Å². The number of carbonyl (C=O) groups is 1. The molecule has 3 N–H and O–H groups in total. The van der Waals surface area contributed by atoms with Gasteiger partial charge in [0.2, 0.25) is 5.91 Å². The summed E-state index contributed by atoms with van der Waals surface area (Å²) in [6.07, 6.45) is 3.04. The Bertz CT molecular complexity index is 865. The average molecular weight is 322 g/mol. The fraction of sp³-hybridized carbons (Fsp3) is 0.263. The number of rotatable bonds is 5. The molecule has 3 rings (SSSR count). The molecule has 1 amide bonds. The number of hydrogen-bond donors (Lipinski definition) is 2. The van der Waals surface area contributed by atoms with Crippen LogP contribution in [0.4, 0.5) is 5.69 Å². The molecule has 5 nitrogen and oxygen atoms in total. The topological polar surface area (TPSA) is 72.4 Å². The molecular formula is C19H22N4O. The van der Waals surface area contributed by atoms with Crippen molar-refractivity contribution in [3.8, 4) is 11.3 Å². The molecule has 2 heterocycles. The lowest BCUT2D eigenvalue weighted by Gasteiger charge is -2.06. The summed E-state index contributed by atoms with van der Waals surface area (Å²) in [6, 6.07) is 12.1. The molecule has 24 heavy (non-hydrogen) atoms. The highest BCUT2D eigenvalue weighted by atomic mass is 16.1. The monoisotopic (exact) mass is 322 g/mol. The number of nitrogens with zero attached hydrogens (tertiary/aromatic N) is 2. The summed E-state index contributed by atoms with van der Waals surface area (Å²) in [7, 11) is 0. The Morgan fingerprint density at radius 2 is 1.92 bits per heavy atom. The molecule has 0 saturated heterocycles. The van der Waals surface area contributed by atoms with E-state index in [2.05, 4.69) is 36.5 Å². The molecule has 0 spiro atoms. The molecule has 5 heteroatoms. The van der Waals surface area contributed by atoms with Crippen molar-refractivity contribution < 1.29 is 4.79 Å². The molecular weight excluding hydrogens is 300 g/mol. The van der Waals surface area contributed by atoms with Crippen LogP contribution in [0.5, 0.6) is 0 Å². The van der Waals surface area contributed by atoms with Gasteiger partial charge in [0.25, 0.3) is 0 Å². The van der Waals surface area contributed by atoms with E-state index in [1.807, 2.05) is 29.7 Å². The maximum atomic E-state index is 11.9. The van der Waals surface area contributed by atoms with E-state index in [0.29, 0.717) is 19.4 Å². The zero-order valence-electron chi connectivity index (χ0n) is 14.0. The Labute approximate surface area is 141 Å². The van der Waals surface area contributed by atoms with Crippen LogP contribution in [0, 0.1) is 13.8 Å². The predicted octanol–water partition coefficient (Wildman–Crippen LogP) is 3.30. The molecule has 0 aliphatic carbocycles. The van der Waals surface area contributed by atoms with Crippen LogP contribution in [0.1, 0.15) is 24.1 Å². The van der Waals surface area contributed by atoms with E-state index in [9.17, 15) is 4.79 Å². The number of nitrogens with two attached hydrogens (primary N) is 1. The average Bonchev–Trinajstić information content (AvgIpc) is 2.90. The number of imidazole rings is 1. The minimum absolute atomic E-state index is 0.0173. The Hall–Kier alpha value is -2.66. The van der Waals surface area contributed by atoms with E-state index in [4.69, 9.17) is 10.7 Å². The number of fused-ring (bicyclic) bond motifs is 1. The predicted molar refractivity (Wildman–Crippen MR) is 97.0 cm³/mol. The molecule has 0 radical (unpaired) electrons. The van der Waals surface area contributed by atoms with Crippen LogP contribution in [0.2, 0.25) is 0 Å². The lowest BCUT2D eigenvalue weighted by Crippen LogP contribution is -2.13. The highest BCUT2D eigenvalue weighted by Crippen LogP contribution is 2.25. The van der Waals surface area contributed by atoms with Crippen molar-refractivity contribution in [3.05, 3.63) is 53.9 Å². The minimum atomic E-state index is -0.0173. The van der Waals surface area contributed by atoms with Crippen molar-refractivity contribution in [3.63, 3.8) is 0 Å². The number of benzene rings is 1. The fourth-order valence-corrected chi connectivity index (χ4v) is 2.71. The number of amides is 1. The smallest absolute Gasteiger partial charge is 0.224 e. The van der Waals surface area contributed by atoms with Gasteiger partial charge in [0.05, 0.1) is 11.4 Å². The lowest BCUT2D eigenvalue weighted by atomic mass is 10.1. The van der Waals surface area contributed by atoms with Crippen LogP contribution in [-0.4, -0.2) is 21.8 Å². The van der Waals surface area contributed by atoms with Crippen molar-refractivity contribution in [1.29, 1.82) is 0 Å². The largest absolute Gasteiger partial charge is 0.330 e. The molecule has 0 saturated carbocycles. The number of pyridine rings is 1. The van der Waals surface area contributed by atoms with E-state index in [-0.39, 0.29) is 5.91 Å². The minimum Gasteiger partial charge on any atom is -0.330 e. The summed E-state index contributed by atoms with van der Waals surface area (Å²) in [5.74, 6) is -0.0173. The van der Waals surface area contributed by atoms with Crippen molar-refractivity contribution in [1.82, 2.24) is 9.38 Å². The van der Waals surface area contributed by atoms with Crippen molar-refractivity contribution >= 4 is 17.2 Å². The standard InChI is InChI=1S/C19H22N4O/c1-13-5-7-15(8-6-13)19-14(2)23-12-16(9-10-17(23)22-19)21-18(24)4-3-11-20/h5-10,12H,3-4,11,20H2,1-2H3,(H,21,24). The zero-order valence-corrected chi connectivity index (χ0v) is 14.0. The van der Waals surface area contributed by atoms with Crippen LogP contribution in [0.25, 0.3) is 16.9 Å². The van der Waals surface area contributed by atoms with Gasteiger partial charge in [-0.25, -0.2) is 4.98 Å². The van der Waals surface area contributed by atoms with Crippen molar-refractivity contribution in [2.24, 2.45) is 5.73 Å². The SMILES string of the molecule is Cc1ccc(-c2nc3ccc(NC(=O)CCCN)cn3c2C)cc1. The van der Waals surface area contributed by atoms with Crippen LogP contribution in [0.3, 0.4) is 0 Å². The first kappa shape index (κ1) is 16.2. The Kier molecular flexibility index (Phi) is 4.62. The van der Waals surface area contributed by atoms with E-state index in [0.717, 1.165) is 28.3 Å². The second kappa shape index (κ2) is 6.84. The zero-order chi connectivity index (χ0) is 17.1. The number of aryl methyl sites for hydroxylation is 2. The highest BCUT2D eigenvalue weighted by Gasteiger charge is 2.11. The Morgan fingerprint density at radius 1 is 1.17 bits per heavy atom. The van der Waals surface area contributed by atoms with Gasteiger partial charge in [-0.15, -0.1) is 0 Å². The van der Waals surface area contributed by atoms with Gasteiger partial charge in [0.15, 0.2) is 0 Å². The summed E-state index contributed by atoms with van der Waals surface area (Å²) < 4.78 is 2.01. The number of anilines is 1. The molecule has 0 unspecified atom stereocenters. The summed E-state index contributed by atoms with van der Waals surface area (Å²) in [4.78, 5) is 16.6. The van der Waals surface area contributed by atoms with E-state index in [1.165, 1.54) is 5.56 Å². The molecule has 124 valence electrons. The lowest BCUT2D eigenvalue weighted by molar-refractivity contribution is -0.116. The van der Waals surface area contributed by atoms with Gasteiger partial charge in [-0.3, -0.25) is 4.79 Å². The number of hydrogen-bond acceptors (Lipinski definition) is 3. The van der Waals surface area contributed by atoms with Gasteiger partial charge in [-0.05, 0) is 38.9 Å². The summed E-state index contributed by atoms with van der Waals surface area (Å²) in [6.45, 7) is 4.63. The third-order valence-corrected chi connectivity index (χ3v) is 4.07. The van der Waals surface area contributed by atoms with E-state index < -0.39 is 0 Å². The molecule has 2 aromatic heterocycles. The fourth-order valence-electron chi connectivity index (χ4n) is 2.71. The van der Waals surface area contributed by atoms with Crippen molar-refractivity contribution in [2.75, 3.05) is 11.9 Å². The second-order valence-electron chi connectivity index (χ2n) is 6.00. The first-order chi connectivity index (χ1) is 11.6. The van der Waals surface area contributed by atoms with Gasteiger partial charge in [0, 0.05) is 23.9 Å². The van der Waals surface area contributed by atoms with Gasteiger partial charge in [0.1, 0.15) is 5.65 Å². The number of nitrogens with one attached hydrogen (secondary N) is 1. The summed E-state index contributed by atoms with van der Waals surface area (Å²) in [5.41, 5.74) is 11.4.